The zero-order valence-electron chi connectivity index (χ0n) is 23.6. The standard InChI is InChI=1S/C37H40N2P2/c40-23-33-28-16-24-15-25(17-28)20-36(33,19-24)35-32(37(41,29-11-13-38-21-29)30-12-14-39-22-30)18-31(26-7-3-1-4-8-26)34(35)27-9-5-2-6-10-27/h1-14,18,21-22,24-25,28,33-34,38-39H,15-17,19-20,23,40-41H2. The van der Waals surface area contributed by atoms with Crippen LogP contribution < -0.4 is 0 Å². The average molecular weight is 575 g/mol. The summed E-state index contributed by atoms with van der Waals surface area (Å²) in [5, 5.41) is -0.354. The highest BCUT2D eigenvalue weighted by Gasteiger charge is 2.61. The molecule has 2 aromatic carbocycles. The number of aromatic amines is 2. The maximum Gasteiger partial charge on any atom is 0.0621 e. The first-order chi connectivity index (χ1) is 20.1. The minimum absolute atomic E-state index is 0.216. The molecular weight excluding hydrogens is 534 g/mol. The number of aromatic nitrogens is 2. The van der Waals surface area contributed by atoms with Crippen molar-refractivity contribution in [2.45, 2.75) is 43.2 Å². The van der Waals surface area contributed by atoms with Gasteiger partial charge in [-0.15, -0.1) is 18.5 Å². The van der Waals surface area contributed by atoms with Gasteiger partial charge in [-0.2, -0.15) is 0 Å². The van der Waals surface area contributed by atoms with Crippen LogP contribution in [0.3, 0.4) is 0 Å². The Bertz CT molecular complexity index is 1530. The molecule has 9 rings (SSSR count). The molecule has 208 valence electrons. The van der Waals surface area contributed by atoms with E-state index >= 15 is 0 Å². The van der Waals surface area contributed by atoms with E-state index in [4.69, 9.17) is 0 Å². The van der Waals surface area contributed by atoms with Gasteiger partial charge in [0.25, 0.3) is 0 Å². The van der Waals surface area contributed by atoms with E-state index in [2.05, 4.69) is 132 Å². The Kier molecular flexibility index (Phi) is 6.32. The van der Waals surface area contributed by atoms with Crippen molar-refractivity contribution in [3.63, 3.8) is 0 Å². The quantitative estimate of drug-likeness (QED) is 0.207. The van der Waals surface area contributed by atoms with E-state index in [0.29, 0.717) is 5.92 Å². The Morgan fingerprint density at radius 2 is 1.39 bits per heavy atom. The van der Waals surface area contributed by atoms with E-state index in [-0.39, 0.29) is 16.5 Å². The molecule has 4 heteroatoms. The fourth-order valence-corrected chi connectivity index (χ4v) is 11.4. The van der Waals surface area contributed by atoms with Gasteiger partial charge in [0.2, 0.25) is 0 Å². The molecule has 5 aliphatic carbocycles. The fourth-order valence-electron chi connectivity index (χ4n) is 9.98. The Labute approximate surface area is 248 Å². The topological polar surface area (TPSA) is 31.6 Å². The Balaban J connectivity index is 1.46. The van der Waals surface area contributed by atoms with Crippen molar-refractivity contribution in [2.24, 2.45) is 29.1 Å². The molecule has 4 fully saturated rings. The molecule has 4 aromatic rings. The van der Waals surface area contributed by atoms with Gasteiger partial charge in [-0.25, -0.2) is 0 Å². The Morgan fingerprint density at radius 1 is 0.780 bits per heavy atom. The van der Waals surface area contributed by atoms with E-state index < -0.39 is 0 Å². The van der Waals surface area contributed by atoms with Crippen molar-refractivity contribution in [2.75, 3.05) is 6.16 Å². The van der Waals surface area contributed by atoms with Gasteiger partial charge in [0.15, 0.2) is 0 Å². The normalized spacial score (nSPS) is 30.7. The van der Waals surface area contributed by atoms with Crippen molar-refractivity contribution >= 4 is 24.1 Å². The van der Waals surface area contributed by atoms with Crippen LogP contribution >= 0.6 is 18.5 Å². The maximum absolute atomic E-state index is 3.41. The third-order valence-corrected chi connectivity index (χ3v) is 12.8. The van der Waals surface area contributed by atoms with Gasteiger partial charge in [-0.05, 0) is 118 Å². The summed E-state index contributed by atoms with van der Waals surface area (Å²) in [4.78, 5) is 6.81. The summed E-state index contributed by atoms with van der Waals surface area (Å²) >= 11 is 0. The van der Waals surface area contributed by atoms with Gasteiger partial charge < -0.3 is 9.97 Å². The molecule has 2 aromatic heterocycles. The van der Waals surface area contributed by atoms with Crippen molar-refractivity contribution in [3.05, 3.63) is 137 Å². The van der Waals surface area contributed by atoms with Crippen LogP contribution in [0.25, 0.3) is 5.57 Å². The van der Waals surface area contributed by atoms with Crippen LogP contribution in [0.1, 0.15) is 60.3 Å². The van der Waals surface area contributed by atoms with Crippen LogP contribution in [-0.2, 0) is 5.16 Å². The maximum atomic E-state index is 3.41. The largest absolute Gasteiger partial charge is 0.367 e. The van der Waals surface area contributed by atoms with Crippen LogP contribution in [0.5, 0.6) is 0 Å². The molecule has 0 radical (unpaired) electrons. The molecule has 2 N–H and O–H groups in total. The third kappa shape index (κ3) is 3.90. The highest BCUT2D eigenvalue weighted by Crippen LogP contribution is 2.71. The lowest BCUT2D eigenvalue weighted by molar-refractivity contribution is -0.0798. The first kappa shape index (κ1) is 26.0. The zero-order valence-corrected chi connectivity index (χ0v) is 25.9. The van der Waals surface area contributed by atoms with E-state index in [1.165, 1.54) is 71.7 Å². The molecule has 41 heavy (non-hydrogen) atoms. The molecule has 0 spiro atoms. The Hall–Kier alpha value is -2.66. The number of hydrogen-bond donors (Lipinski definition) is 2. The number of allylic oxidation sites excluding steroid dienone is 4. The molecule has 2 nitrogen and oxygen atoms in total. The molecule has 0 aliphatic heterocycles. The fraction of sp³-hybridized carbons (Fsp3) is 0.351. The molecule has 4 saturated carbocycles. The Morgan fingerprint density at radius 3 is 1.95 bits per heavy atom. The lowest BCUT2D eigenvalue weighted by Crippen LogP contribution is -2.55. The summed E-state index contributed by atoms with van der Waals surface area (Å²) in [6, 6.07) is 27.2. The second-order valence-electron chi connectivity index (χ2n) is 13.2. The van der Waals surface area contributed by atoms with Crippen LogP contribution in [0.15, 0.2) is 115 Å². The molecular formula is C37H40N2P2. The zero-order chi connectivity index (χ0) is 27.6. The predicted octanol–water partition coefficient (Wildman–Crippen LogP) is 8.96. The van der Waals surface area contributed by atoms with E-state index in [9.17, 15) is 0 Å². The highest BCUT2D eigenvalue weighted by molar-refractivity contribution is 7.19. The summed E-state index contributed by atoms with van der Waals surface area (Å²) in [6.07, 6.45) is 19.4. The lowest BCUT2D eigenvalue weighted by Gasteiger charge is -2.63. The van der Waals surface area contributed by atoms with Crippen molar-refractivity contribution < 1.29 is 0 Å². The average Bonchev–Trinajstić information content (AvgIpc) is 3.79. The first-order valence-electron chi connectivity index (χ1n) is 15.4. The molecule has 0 saturated heterocycles. The summed E-state index contributed by atoms with van der Waals surface area (Å²) in [5.41, 5.74) is 10.3. The van der Waals surface area contributed by atoms with Crippen LogP contribution in [0, 0.1) is 29.1 Å². The van der Waals surface area contributed by atoms with E-state index in [0.717, 1.165) is 17.8 Å². The SMILES string of the molecule is PCC1C2CC3CC(C2)CC1(C1=C(C(P)(c2cc[nH]c2)c2cc[nH]c2)C=C(c2ccccc2)C1c1ccccc1)C3. The van der Waals surface area contributed by atoms with Crippen molar-refractivity contribution in [1.82, 2.24) is 9.97 Å². The van der Waals surface area contributed by atoms with Gasteiger partial charge in [0.1, 0.15) is 0 Å². The summed E-state index contributed by atoms with van der Waals surface area (Å²) in [6.45, 7) is 0. The molecule has 4 bridgehead atoms. The van der Waals surface area contributed by atoms with Gasteiger partial charge in [-0.3, -0.25) is 0 Å². The molecule has 2 heterocycles. The van der Waals surface area contributed by atoms with Crippen molar-refractivity contribution in [3.8, 4) is 0 Å². The van der Waals surface area contributed by atoms with Crippen LogP contribution in [-0.4, -0.2) is 16.1 Å². The second kappa shape index (κ2) is 9.97. The summed E-state index contributed by atoms with van der Waals surface area (Å²) in [5.74, 6) is 3.55. The summed E-state index contributed by atoms with van der Waals surface area (Å²) in [7, 11) is 6.59. The monoisotopic (exact) mass is 574 g/mol. The molecule has 6 atom stereocenters. The number of nitrogens with one attached hydrogen (secondary N) is 2. The van der Waals surface area contributed by atoms with Gasteiger partial charge in [0.05, 0.1) is 5.16 Å². The van der Waals surface area contributed by atoms with Gasteiger partial charge in [-0.1, -0.05) is 66.7 Å². The number of benzene rings is 2. The van der Waals surface area contributed by atoms with Crippen LogP contribution in [0.2, 0.25) is 0 Å². The molecule has 5 aliphatic rings. The van der Waals surface area contributed by atoms with Crippen LogP contribution in [0.4, 0.5) is 0 Å². The number of rotatable bonds is 7. The number of hydrogen-bond acceptors (Lipinski definition) is 0. The highest BCUT2D eigenvalue weighted by atomic mass is 31.0. The van der Waals surface area contributed by atoms with Gasteiger partial charge in [0, 0.05) is 30.7 Å². The number of H-pyrrole nitrogens is 2. The smallest absolute Gasteiger partial charge is 0.0621 e. The van der Waals surface area contributed by atoms with E-state index in [1.54, 1.807) is 5.57 Å². The van der Waals surface area contributed by atoms with E-state index in [1.807, 2.05) is 0 Å². The lowest BCUT2D eigenvalue weighted by atomic mass is 9.42. The van der Waals surface area contributed by atoms with Gasteiger partial charge >= 0.3 is 0 Å². The summed E-state index contributed by atoms with van der Waals surface area (Å²) < 4.78 is 0. The third-order valence-electron chi connectivity index (χ3n) is 11.3. The first-order valence-corrected chi connectivity index (χ1v) is 16.8. The predicted molar refractivity (Wildman–Crippen MR) is 177 cm³/mol. The molecule has 6 unspecified atom stereocenters. The minimum atomic E-state index is -0.354. The molecule has 0 amide bonds. The van der Waals surface area contributed by atoms with Crippen molar-refractivity contribution in [1.29, 1.82) is 0 Å². The minimum Gasteiger partial charge on any atom is -0.367 e. The second-order valence-corrected chi connectivity index (χ2v) is 14.6.